The first-order chi connectivity index (χ1) is 19.1. The summed E-state index contributed by atoms with van der Waals surface area (Å²) in [7, 11) is 3.42. The second-order valence-corrected chi connectivity index (χ2v) is 16.4. The molecule has 0 radical (unpaired) electrons. The molecule has 5 saturated carbocycles. The molecular formula is C33H54N2O6. The third-order valence-corrected chi connectivity index (χ3v) is 13.8. The first-order valence-electron chi connectivity index (χ1n) is 16.3. The number of nitrogens with zero attached hydrogens (tertiary/aromatic N) is 1. The molecule has 8 heteroatoms. The van der Waals surface area contributed by atoms with Crippen LogP contribution in [0.1, 0.15) is 92.9 Å². The van der Waals surface area contributed by atoms with Gasteiger partial charge in [-0.3, -0.25) is 0 Å². The van der Waals surface area contributed by atoms with Crippen molar-refractivity contribution in [3.05, 3.63) is 0 Å². The zero-order valence-corrected chi connectivity index (χ0v) is 26.5. The quantitative estimate of drug-likeness (QED) is 0.452. The van der Waals surface area contributed by atoms with Gasteiger partial charge < -0.3 is 30.0 Å². The van der Waals surface area contributed by atoms with Gasteiger partial charge in [0.15, 0.2) is 0 Å². The standard InChI is InChI=1S/C33H54N2O6/c1-17(2)26(41-29(38)35(7)8)20-15-18(3)23-27(39-20)25(36)24-19-9-10-21-30(4,5)22(40-28(34)37)11-12-33(21)16-32(19,33)14-13-31(23,24)6/h17-27,36H,9-16H2,1-8H3,(H2,34,37)/t18-,19?,20?,21?,22+,23?,24?,25-,26-,27?,31?,32+,33?/m1/s1. The predicted octanol–water partition coefficient (Wildman–Crippen LogP) is 5.60. The molecule has 1 aliphatic heterocycles. The molecule has 2 amide bonds. The number of amides is 2. The molecule has 41 heavy (non-hydrogen) atoms. The Bertz CT molecular complexity index is 1080. The van der Waals surface area contributed by atoms with Crippen LogP contribution in [0, 0.1) is 57.2 Å². The summed E-state index contributed by atoms with van der Waals surface area (Å²) in [6.07, 6.45) is 6.21. The van der Waals surface area contributed by atoms with E-state index >= 15 is 0 Å². The van der Waals surface area contributed by atoms with E-state index in [1.54, 1.807) is 14.1 Å². The second-order valence-electron chi connectivity index (χ2n) is 16.4. The van der Waals surface area contributed by atoms with Crippen LogP contribution >= 0.6 is 0 Å². The van der Waals surface area contributed by atoms with E-state index in [0.29, 0.717) is 23.7 Å². The number of primary amides is 1. The number of aliphatic hydroxyl groups is 1. The lowest BCUT2D eigenvalue weighted by Crippen LogP contribution is -2.56. The van der Waals surface area contributed by atoms with Gasteiger partial charge in [-0.1, -0.05) is 41.5 Å². The van der Waals surface area contributed by atoms with Crippen LogP contribution in [-0.4, -0.2) is 66.8 Å². The Hall–Kier alpha value is -1.54. The van der Waals surface area contributed by atoms with E-state index in [4.69, 9.17) is 19.9 Å². The van der Waals surface area contributed by atoms with Crippen LogP contribution in [0.2, 0.25) is 0 Å². The summed E-state index contributed by atoms with van der Waals surface area (Å²) < 4.78 is 18.5. The van der Waals surface area contributed by atoms with Gasteiger partial charge in [-0.25, -0.2) is 9.59 Å². The zero-order valence-electron chi connectivity index (χ0n) is 26.5. The van der Waals surface area contributed by atoms with E-state index in [1.807, 2.05) is 0 Å². The molecule has 1 heterocycles. The Morgan fingerprint density at radius 2 is 1.73 bits per heavy atom. The van der Waals surface area contributed by atoms with E-state index in [0.717, 1.165) is 38.5 Å². The van der Waals surface area contributed by atoms with E-state index in [1.165, 1.54) is 17.7 Å². The average molecular weight is 575 g/mol. The highest BCUT2D eigenvalue weighted by Gasteiger charge is 2.82. The Balaban J connectivity index is 1.26. The van der Waals surface area contributed by atoms with Gasteiger partial charge in [0.1, 0.15) is 12.2 Å². The molecule has 5 aliphatic carbocycles. The SMILES string of the molecule is CC(C)[C@@H](OC(=O)N(C)C)C1C[C@@H](C)C2C(O1)[C@H](O)C1C3CCC4C(C)(C)[C@@H](OC(N)=O)CCC45C[C@@]35CCC12C. The highest BCUT2D eigenvalue weighted by atomic mass is 16.6. The van der Waals surface area contributed by atoms with Gasteiger partial charge in [-0.05, 0) is 103 Å². The van der Waals surface area contributed by atoms with Gasteiger partial charge >= 0.3 is 12.2 Å². The van der Waals surface area contributed by atoms with Crippen LogP contribution < -0.4 is 5.73 Å². The molecule has 6 aliphatic rings. The van der Waals surface area contributed by atoms with Crippen molar-refractivity contribution in [2.24, 2.45) is 62.9 Å². The van der Waals surface area contributed by atoms with Crippen molar-refractivity contribution in [1.29, 1.82) is 0 Å². The molecule has 2 spiro atoms. The van der Waals surface area contributed by atoms with Crippen LogP contribution in [-0.2, 0) is 14.2 Å². The van der Waals surface area contributed by atoms with Crippen molar-refractivity contribution in [2.75, 3.05) is 14.1 Å². The number of hydrogen-bond acceptors (Lipinski definition) is 6. The molecule has 0 bridgehead atoms. The third-order valence-electron chi connectivity index (χ3n) is 13.8. The first-order valence-corrected chi connectivity index (χ1v) is 16.3. The average Bonchev–Trinajstić information content (AvgIpc) is 3.48. The molecular weight excluding hydrogens is 520 g/mol. The predicted molar refractivity (Wildman–Crippen MR) is 155 cm³/mol. The number of carbonyl (C=O) groups is 2. The lowest BCUT2D eigenvalue weighted by molar-refractivity contribution is -0.179. The molecule has 6 fully saturated rings. The molecule has 0 aromatic rings. The molecule has 8 nitrogen and oxygen atoms in total. The van der Waals surface area contributed by atoms with Crippen LogP contribution in [0.3, 0.4) is 0 Å². The molecule has 13 atom stereocenters. The van der Waals surface area contributed by atoms with Crippen molar-refractivity contribution in [2.45, 2.75) is 123 Å². The molecule has 232 valence electrons. The summed E-state index contributed by atoms with van der Waals surface area (Å²) in [6, 6.07) is 0. The minimum atomic E-state index is -0.660. The Kier molecular flexibility index (Phi) is 6.83. The van der Waals surface area contributed by atoms with E-state index < -0.39 is 12.2 Å². The van der Waals surface area contributed by atoms with Gasteiger partial charge in [0.05, 0.1) is 18.3 Å². The fourth-order valence-electron chi connectivity index (χ4n) is 12.3. The van der Waals surface area contributed by atoms with Crippen molar-refractivity contribution < 1.29 is 28.9 Å². The minimum absolute atomic E-state index is 0.0381. The number of rotatable bonds is 4. The molecule has 8 unspecified atom stereocenters. The van der Waals surface area contributed by atoms with Gasteiger partial charge in [0, 0.05) is 19.5 Å². The Morgan fingerprint density at radius 1 is 1.02 bits per heavy atom. The van der Waals surface area contributed by atoms with Gasteiger partial charge in [0.25, 0.3) is 0 Å². The van der Waals surface area contributed by atoms with E-state index in [-0.39, 0.29) is 64.0 Å². The lowest BCUT2D eigenvalue weighted by atomic mass is 9.46. The molecule has 0 aromatic heterocycles. The number of fused-ring (bicyclic) bond motifs is 4. The summed E-state index contributed by atoms with van der Waals surface area (Å²) in [6.45, 7) is 13.5. The molecule has 3 N–H and O–H groups in total. The number of hydrogen-bond donors (Lipinski definition) is 2. The summed E-state index contributed by atoms with van der Waals surface area (Å²) >= 11 is 0. The summed E-state index contributed by atoms with van der Waals surface area (Å²) in [5.74, 6) is 2.01. The largest absolute Gasteiger partial charge is 0.446 e. The van der Waals surface area contributed by atoms with Gasteiger partial charge in [-0.15, -0.1) is 0 Å². The van der Waals surface area contributed by atoms with Crippen LogP contribution in [0.15, 0.2) is 0 Å². The Morgan fingerprint density at radius 3 is 2.37 bits per heavy atom. The van der Waals surface area contributed by atoms with Crippen molar-refractivity contribution >= 4 is 12.2 Å². The smallest absolute Gasteiger partial charge is 0.409 e. The van der Waals surface area contributed by atoms with Crippen molar-refractivity contribution in [1.82, 2.24) is 4.90 Å². The highest BCUT2D eigenvalue weighted by molar-refractivity contribution is 5.67. The summed E-state index contributed by atoms with van der Waals surface area (Å²) in [5, 5.41) is 12.2. The summed E-state index contributed by atoms with van der Waals surface area (Å²) in [5.41, 5.74) is 5.96. The van der Waals surface area contributed by atoms with Crippen LogP contribution in [0.5, 0.6) is 0 Å². The van der Waals surface area contributed by atoms with Crippen LogP contribution in [0.4, 0.5) is 9.59 Å². The third kappa shape index (κ3) is 3.97. The minimum Gasteiger partial charge on any atom is -0.446 e. The maximum absolute atomic E-state index is 12.5. The first kappa shape index (κ1) is 29.5. The fourth-order valence-corrected chi connectivity index (χ4v) is 12.3. The van der Waals surface area contributed by atoms with Crippen molar-refractivity contribution in [3.8, 4) is 0 Å². The number of ether oxygens (including phenoxy) is 3. The second kappa shape index (κ2) is 9.48. The van der Waals surface area contributed by atoms with Gasteiger partial charge in [-0.2, -0.15) is 0 Å². The number of carbonyl (C=O) groups excluding carboxylic acids is 2. The van der Waals surface area contributed by atoms with Crippen LogP contribution in [0.25, 0.3) is 0 Å². The van der Waals surface area contributed by atoms with E-state index in [2.05, 4.69) is 41.5 Å². The monoisotopic (exact) mass is 574 g/mol. The molecule has 1 saturated heterocycles. The highest BCUT2D eigenvalue weighted by Crippen LogP contribution is 2.87. The maximum atomic E-state index is 12.5. The van der Waals surface area contributed by atoms with Crippen molar-refractivity contribution in [3.63, 3.8) is 0 Å². The number of nitrogens with two attached hydrogens (primary N) is 1. The zero-order chi connectivity index (χ0) is 29.9. The molecule has 6 rings (SSSR count). The molecule has 0 aromatic carbocycles. The number of aliphatic hydroxyl groups excluding tert-OH is 1. The topological polar surface area (TPSA) is 111 Å². The normalized spacial score (nSPS) is 49.9. The van der Waals surface area contributed by atoms with E-state index in [9.17, 15) is 14.7 Å². The lowest BCUT2D eigenvalue weighted by Gasteiger charge is -2.59. The summed E-state index contributed by atoms with van der Waals surface area (Å²) in [4.78, 5) is 25.7. The Labute approximate surface area is 246 Å². The van der Waals surface area contributed by atoms with Gasteiger partial charge in [0.2, 0.25) is 0 Å². The maximum Gasteiger partial charge on any atom is 0.409 e. The fraction of sp³-hybridized carbons (Fsp3) is 0.939.